The average Bonchev–Trinajstić information content (AvgIpc) is 2.55. The Morgan fingerprint density at radius 1 is 1.04 bits per heavy atom. The number of aliphatic carboxylic acids is 1. The molecule has 0 fully saturated rings. The van der Waals surface area contributed by atoms with Gasteiger partial charge in [0.25, 0.3) is 5.91 Å². The first-order valence-electron chi connectivity index (χ1n) is 7.05. The molecule has 0 radical (unpaired) electrons. The van der Waals surface area contributed by atoms with Crippen molar-refractivity contribution in [3.63, 3.8) is 0 Å². The summed E-state index contributed by atoms with van der Waals surface area (Å²) in [5, 5.41) is 13.1. The number of hydrogen-bond donors (Lipinski definition) is 1. The zero-order chi connectivity index (χ0) is 16.7. The highest BCUT2D eigenvalue weighted by Gasteiger charge is 2.07. The number of anilines is 1. The Morgan fingerprint density at radius 2 is 1.78 bits per heavy atom. The van der Waals surface area contributed by atoms with Crippen LogP contribution < -0.4 is 19.9 Å². The maximum atomic E-state index is 12.2. The molecular weight excluding hydrogens is 298 g/mol. The van der Waals surface area contributed by atoms with E-state index >= 15 is 0 Å². The van der Waals surface area contributed by atoms with Crippen LogP contribution in [0.25, 0.3) is 0 Å². The maximum Gasteiger partial charge on any atom is 0.255 e. The number of carbonyl (C=O) groups is 2. The van der Waals surface area contributed by atoms with Crippen LogP contribution in [0.2, 0.25) is 0 Å². The highest BCUT2D eigenvalue weighted by Crippen LogP contribution is 2.18. The van der Waals surface area contributed by atoms with Crippen molar-refractivity contribution in [1.82, 2.24) is 0 Å². The smallest absolute Gasteiger partial charge is 0.255 e. The van der Waals surface area contributed by atoms with Gasteiger partial charge in [-0.15, -0.1) is 0 Å². The molecule has 0 heterocycles. The number of carboxylic acids is 1. The summed E-state index contributed by atoms with van der Waals surface area (Å²) in [6.07, 6.45) is 0. The lowest BCUT2D eigenvalue weighted by Crippen LogP contribution is -2.28. The fourth-order valence-corrected chi connectivity index (χ4v) is 1.87. The molecule has 0 saturated heterocycles. The van der Waals surface area contributed by atoms with Crippen LogP contribution in [0, 0.1) is 0 Å². The van der Waals surface area contributed by atoms with E-state index in [1.165, 1.54) is 0 Å². The number of ether oxygens (including phenoxy) is 2. The monoisotopic (exact) mass is 314 g/mol. The van der Waals surface area contributed by atoms with Crippen LogP contribution >= 0.6 is 0 Å². The summed E-state index contributed by atoms with van der Waals surface area (Å²) in [6, 6.07) is 13.3. The van der Waals surface area contributed by atoms with Gasteiger partial charge in [-0.1, -0.05) is 6.07 Å². The number of hydrogen-bond acceptors (Lipinski definition) is 5. The molecule has 0 atom stereocenters. The zero-order valence-electron chi connectivity index (χ0n) is 12.6. The third-order valence-corrected chi connectivity index (χ3v) is 2.88. The van der Waals surface area contributed by atoms with E-state index in [-0.39, 0.29) is 5.91 Å². The molecule has 0 spiro atoms. The highest BCUT2D eigenvalue weighted by atomic mass is 16.5. The summed E-state index contributed by atoms with van der Waals surface area (Å²) in [5.41, 5.74) is 1.05. The minimum atomic E-state index is -1.29. The number of benzene rings is 2. The maximum absolute atomic E-state index is 12.2. The van der Waals surface area contributed by atoms with Crippen LogP contribution in [0.4, 0.5) is 5.69 Å². The van der Waals surface area contributed by atoms with Crippen LogP contribution in [0.5, 0.6) is 11.5 Å². The van der Waals surface area contributed by atoms with E-state index in [9.17, 15) is 14.7 Å². The number of nitrogens with one attached hydrogen (secondary N) is 1. The first-order valence-corrected chi connectivity index (χ1v) is 7.05. The Balaban J connectivity index is 1.99. The van der Waals surface area contributed by atoms with Crippen molar-refractivity contribution >= 4 is 17.6 Å². The van der Waals surface area contributed by atoms with Crippen molar-refractivity contribution < 1.29 is 24.2 Å². The van der Waals surface area contributed by atoms with E-state index in [2.05, 4.69) is 5.32 Å². The number of amides is 1. The summed E-state index contributed by atoms with van der Waals surface area (Å²) in [5.74, 6) is -0.553. The minimum Gasteiger partial charge on any atom is -0.546 e. The SMILES string of the molecule is CCOc1cccc(C(=O)Nc2ccc(OCC(=O)[O-])cc2)c1. The molecule has 1 N–H and O–H groups in total. The molecule has 2 aromatic rings. The molecule has 6 nitrogen and oxygen atoms in total. The van der Waals surface area contributed by atoms with Gasteiger partial charge in [-0.2, -0.15) is 0 Å². The van der Waals surface area contributed by atoms with E-state index in [4.69, 9.17) is 9.47 Å². The first kappa shape index (κ1) is 16.4. The molecule has 120 valence electrons. The Kier molecular flexibility index (Phi) is 5.57. The average molecular weight is 314 g/mol. The molecule has 1 amide bonds. The minimum absolute atomic E-state index is 0.269. The van der Waals surface area contributed by atoms with Gasteiger partial charge in [-0.05, 0) is 49.4 Å². The standard InChI is InChI=1S/C17H17NO5/c1-2-22-15-5-3-4-12(10-15)17(21)18-13-6-8-14(9-7-13)23-11-16(19)20/h3-10H,2,11H2,1H3,(H,18,21)(H,19,20)/p-1. The van der Waals surface area contributed by atoms with Crippen molar-refractivity contribution in [2.75, 3.05) is 18.5 Å². The van der Waals surface area contributed by atoms with Gasteiger partial charge in [-0.25, -0.2) is 0 Å². The summed E-state index contributed by atoms with van der Waals surface area (Å²) in [7, 11) is 0. The van der Waals surface area contributed by atoms with Gasteiger partial charge < -0.3 is 24.7 Å². The van der Waals surface area contributed by atoms with Crippen molar-refractivity contribution in [1.29, 1.82) is 0 Å². The molecule has 2 aromatic carbocycles. The first-order chi connectivity index (χ1) is 11.1. The molecule has 6 heteroatoms. The second-order valence-electron chi connectivity index (χ2n) is 4.60. The van der Waals surface area contributed by atoms with Crippen molar-refractivity contribution in [2.45, 2.75) is 6.92 Å². The van der Waals surface area contributed by atoms with Crippen LogP contribution in [-0.4, -0.2) is 25.1 Å². The van der Waals surface area contributed by atoms with E-state index in [0.29, 0.717) is 29.4 Å². The van der Waals surface area contributed by atoms with E-state index in [1.807, 2.05) is 6.92 Å². The van der Waals surface area contributed by atoms with E-state index in [0.717, 1.165) is 0 Å². The van der Waals surface area contributed by atoms with Crippen LogP contribution in [0.1, 0.15) is 17.3 Å². The van der Waals surface area contributed by atoms with Crippen LogP contribution in [-0.2, 0) is 4.79 Å². The van der Waals surface area contributed by atoms with Gasteiger partial charge in [0.2, 0.25) is 0 Å². The summed E-state index contributed by atoms with van der Waals surface area (Å²) in [6.45, 7) is 1.88. The lowest BCUT2D eigenvalue weighted by atomic mass is 10.2. The van der Waals surface area contributed by atoms with Gasteiger partial charge in [0.15, 0.2) is 0 Å². The Morgan fingerprint density at radius 3 is 2.43 bits per heavy atom. The third kappa shape index (κ3) is 5.03. The lowest BCUT2D eigenvalue weighted by Gasteiger charge is -2.09. The topological polar surface area (TPSA) is 87.7 Å². The van der Waals surface area contributed by atoms with Crippen LogP contribution in [0.15, 0.2) is 48.5 Å². The summed E-state index contributed by atoms with van der Waals surface area (Å²) < 4.78 is 10.3. The van der Waals surface area contributed by atoms with Crippen LogP contribution in [0.3, 0.4) is 0 Å². The van der Waals surface area contributed by atoms with E-state index < -0.39 is 12.6 Å². The predicted octanol–water partition coefficient (Wildman–Crippen LogP) is 1.47. The van der Waals surface area contributed by atoms with E-state index in [1.54, 1.807) is 48.5 Å². The largest absolute Gasteiger partial charge is 0.546 e. The van der Waals surface area contributed by atoms with Gasteiger partial charge in [0.1, 0.15) is 18.1 Å². The summed E-state index contributed by atoms with van der Waals surface area (Å²) >= 11 is 0. The Hall–Kier alpha value is -3.02. The second kappa shape index (κ2) is 7.84. The van der Waals surface area contributed by atoms with Crippen molar-refractivity contribution in [3.05, 3.63) is 54.1 Å². The molecule has 0 aliphatic heterocycles. The normalized spacial score (nSPS) is 9.96. The number of rotatable bonds is 7. The van der Waals surface area contributed by atoms with Crippen molar-refractivity contribution in [3.8, 4) is 11.5 Å². The summed E-state index contributed by atoms with van der Waals surface area (Å²) in [4.78, 5) is 22.5. The van der Waals surface area contributed by atoms with Gasteiger partial charge in [-0.3, -0.25) is 4.79 Å². The van der Waals surface area contributed by atoms with Gasteiger partial charge in [0, 0.05) is 11.3 Å². The fourth-order valence-electron chi connectivity index (χ4n) is 1.87. The lowest BCUT2D eigenvalue weighted by molar-refractivity contribution is -0.307. The fraction of sp³-hybridized carbons (Fsp3) is 0.176. The zero-order valence-corrected chi connectivity index (χ0v) is 12.6. The van der Waals surface area contributed by atoms with Gasteiger partial charge >= 0.3 is 0 Å². The predicted molar refractivity (Wildman–Crippen MR) is 82.5 cm³/mol. The second-order valence-corrected chi connectivity index (χ2v) is 4.60. The highest BCUT2D eigenvalue weighted by molar-refractivity contribution is 6.04. The quantitative estimate of drug-likeness (QED) is 0.836. The molecule has 23 heavy (non-hydrogen) atoms. The Bertz CT molecular complexity index is 682. The molecule has 0 unspecified atom stereocenters. The molecule has 2 rings (SSSR count). The van der Waals surface area contributed by atoms with Crippen molar-refractivity contribution in [2.24, 2.45) is 0 Å². The Labute approximate surface area is 133 Å². The molecule has 0 aromatic heterocycles. The molecule has 0 bridgehead atoms. The third-order valence-electron chi connectivity index (χ3n) is 2.88. The molecule has 0 saturated carbocycles. The number of carboxylic acid groups (broad SMARTS) is 1. The van der Waals surface area contributed by atoms with Gasteiger partial charge in [0.05, 0.1) is 12.6 Å². The number of carbonyl (C=O) groups excluding carboxylic acids is 2. The molecular formula is C17H16NO5-. The molecule has 0 aliphatic rings. The molecule has 0 aliphatic carbocycles.